The zero-order chi connectivity index (χ0) is 22.4. The highest BCUT2D eigenvalue weighted by Crippen LogP contribution is 2.31. The number of aryl methyl sites for hydroxylation is 1. The Kier molecular flexibility index (Phi) is 7.92. The Hall–Kier alpha value is -2.15. The van der Waals surface area contributed by atoms with Gasteiger partial charge in [0.2, 0.25) is 15.9 Å². The monoisotopic (exact) mass is 460 g/mol. The van der Waals surface area contributed by atoms with E-state index in [9.17, 15) is 13.2 Å². The summed E-state index contributed by atoms with van der Waals surface area (Å²) < 4.78 is 26.8. The molecule has 1 aliphatic rings. The van der Waals surface area contributed by atoms with Crippen LogP contribution in [0, 0.1) is 5.92 Å². The highest BCUT2D eigenvalue weighted by Gasteiger charge is 2.30. The minimum absolute atomic E-state index is 0.0662. The van der Waals surface area contributed by atoms with Crippen molar-refractivity contribution in [3.63, 3.8) is 0 Å². The smallest absolute Gasteiger partial charge is 0.236 e. The molecule has 7 heteroatoms. The van der Waals surface area contributed by atoms with Gasteiger partial charge in [0.1, 0.15) is 0 Å². The summed E-state index contributed by atoms with van der Waals surface area (Å²) in [6.45, 7) is 4.72. The number of sulfonamides is 1. The number of nitrogens with zero attached hydrogens (tertiary/aromatic N) is 1. The normalized spacial score (nSPS) is 16.0. The molecule has 0 bridgehead atoms. The Morgan fingerprint density at radius 2 is 1.77 bits per heavy atom. The average molecular weight is 461 g/mol. The first kappa shape index (κ1) is 23.5. The van der Waals surface area contributed by atoms with Crippen molar-refractivity contribution in [2.75, 3.05) is 18.4 Å². The lowest BCUT2D eigenvalue weighted by Gasteiger charge is -2.30. The molecule has 0 radical (unpaired) electrons. The van der Waals surface area contributed by atoms with Gasteiger partial charge in [0, 0.05) is 35.1 Å². The van der Waals surface area contributed by atoms with E-state index in [1.165, 1.54) is 9.71 Å². The fourth-order valence-corrected chi connectivity index (χ4v) is 5.39. The molecule has 0 aliphatic carbocycles. The topological polar surface area (TPSA) is 66.5 Å². The molecule has 1 fully saturated rings. The molecule has 1 heterocycles. The second kappa shape index (κ2) is 10.4. The number of amides is 1. The van der Waals surface area contributed by atoms with E-state index in [4.69, 9.17) is 11.6 Å². The third-order valence-corrected chi connectivity index (χ3v) is 7.66. The van der Waals surface area contributed by atoms with Gasteiger partial charge < -0.3 is 5.32 Å². The Morgan fingerprint density at radius 3 is 2.39 bits per heavy atom. The predicted octanol–water partition coefficient (Wildman–Crippen LogP) is 5.12. The molecule has 0 atom stereocenters. The summed E-state index contributed by atoms with van der Waals surface area (Å²) in [5, 5.41) is 4.99. The number of benzene rings is 2. The maximum atomic E-state index is 12.9. The van der Waals surface area contributed by atoms with Crippen LogP contribution in [0.25, 0.3) is 6.08 Å². The maximum absolute atomic E-state index is 12.9. The van der Waals surface area contributed by atoms with E-state index >= 15 is 0 Å². The van der Waals surface area contributed by atoms with Crippen LogP contribution < -0.4 is 5.32 Å². The van der Waals surface area contributed by atoms with Crippen molar-refractivity contribution in [1.29, 1.82) is 0 Å². The van der Waals surface area contributed by atoms with Crippen molar-refractivity contribution >= 4 is 39.3 Å². The first-order chi connectivity index (χ1) is 14.9. The third kappa shape index (κ3) is 5.76. The van der Waals surface area contributed by atoms with Gasteiger partial charge in [-0.1, -0.05) is 61.8 Å². The molecule has 0 saturated carbocycles. The van der Waals surface area contributed by atoms with Crippen LogP contribution in [0.2, 0.25) is 5.02 Å². The Bertz CT molecular complexity index is 1040. The second-order valence-corrected chi connectivity index (χ2v) is 9.91. The quantitative estimate of drug-likeness (QED) is 0.623. The molecule has 1 saturated heterocycles. The lowest BCUT2D eigenvalue weighted by molar-refractivity contribution is -0.120. The van der Waals surface area contributed by atoms with E-state index in [2.05, 4.69) is 5.32 Å². The lowest BCUT2D eigenvalue weighted by atomic mass is 9.96. The van der Waals surface area contributed by atoms with Gasteiger partial charge in [-0.05, 0) is 54.5 Å². The molecular weight excluding hydrogens is 432 g/mol. The minimum Gasteiger partial charge on any atom is -0.325 e. The number of halogens is 1. The standard InChI is InChI=1S/C24H29ClN2O3S/c1-3-19-10-11-22(25)21(4-2)23(19)26-24(28)20-12-15-27(16-13-20)31(29,30)17-14-18-8-6-5-7-9-18/h5-11,14,17,20H,3-4,12-13,15-16H2,1-2H3,(H,26,28)/b17-14+. The summed E-state index contributed by atoms with van der Waals surface area (Å²) >= 11 is 6.34. The van der Waals surface area contributed by atoms with Crippen LogP contribution in [0.5, 0.6) is 0 Å². The van der Waals surface area contributed by atoms with Crippen LogP contribution in [0.15, 0.2) is 47.9 Å². The van der Waals surface area contributed by atoms with Gasteiger partial charge in [0.15, 0.2) is 0 Å². The summed E-state index contributed by atoms with van der Waals surface area (Å²) in [5.41, 5.74) is 3.64. The molecule has 1 aliphatic heterocycles. The zero-order valence-electron chi connectivity index (χ0n) is 18.0. The fraction of sp³-hybridized carbons (Fsp3) is 0.375. The van der Waals surface area contributed by atoms with Gasteiger partial charge in [0.25, 0.3) is 0 Å². The zero-order valence-corrected chi connectivity index (χ0v) is 19.5. The van der Waals surface area contributed by atoms with E-state index in [0.29, 0.717) is 31.0 Å². The average Bonchev–Trinajstić information content (AvgIpc) is 2.79. The van der Waals surface area contributed by atoms with Gasteiger partial charge in [0.05, 0.1) is 0 Å². The number of anilines is 1. The largest absolute Gasteiger partial charge is 0.325 e. The number of carbonyl (C=O) groups excluding carboxylic acids is 1. The summed E-state index contributed by atoms with van der Waals surface area (Å²) in [5.74, 6) is -0.290. The maximum Gasteiger partial charge on any atom is 0.236 e. The molecule has 166 valence electrons. The van der Waals surface area contributed by atoms with Crippen LogP contribution in [0.4, 0.5) is 5.69 Å². The molecular formula is C24H29ClN2O3S. The molecule has 2 aromatic rings. The van der Waals surface area contributed by atoms with Gasteiger partial charge in [-0.2, -0.15) is 4.31 Å². The summed E-state index contributed by atoms with van der Waals surface area (Å²) in [6, 6.07) is 13.2. The molecule has 31 heavy (non-hydrogen) atoms. The third-order valence-electron chi connectivity index (χ3n) is 5.74. The van der Waals surface area contributed by atoms with E-state index in [-0.39, 0.29) is 11.8 Å². The summed E-state index contributed by atoms with van der Waals surface area (Å²) in [7, 11) is -3.51. The number of rotatable bonds is 7. The molecule has 0 spiro atoms. The molecule has 3 rings (SSSR count). The SMILES string of the molecule is CCc1ccc(Cl)c(CC)c1NC(=O)C1CCN(S(=O)(=O)/C=C/c2ccccc2)CC1. The second-order valence-electron chi connectivity index (χ2n) is 7.69. The first-order valence-corrected chi connectivity index (χ1v) is 12.6. The number of piperidine rings is 1. The molecule has 5 nitrogen and oxygen atoms in total. The number of carbonyl (C=O) groups is 1. The van der Waals surface area contributed by atoms with Gasteiger partial charge in [-0.25, -0.2) is 8.42 Å². The number of nitrogens with one attached hydrogen (secondary N) is 1. The van der Waals surface area contributed by atoms with Crippen LogP contribution in [-0.2, 0) is 27.7 Å². The van der Waals surface area contributed by atoms with Crippen LogP contribution in [0.1, 0.15) is 43.4 Å². The van der Waals surface area contributed by atoms with Crippen LogP contribution in [-0.4, -0.2) is 31.7 Å². The summed E-state index contributed by atoms with van der Waals surface area (Å²) in [4.78, 5) is 12.9. The van der Waals surface area contributed by atoms with Crippen LogP contribution in [0.3, 0.4) is 0 Å². The summed E-state index contributed by atoms with van der Waals surface area (Å²) in [6.07, 6.45) is 4.12. The lowest BCUT2D eigenvalue weighted by Crippen LogP contribution is -2.40. The van der Waals surface area contributed by atoms with Gasteiger partial charge in [-0.15, -0.1) is 0 Å². The van der Waals surface area contributed by atoms with E-state index in [1.54, 1.807) is 6.08 Å². The van der Waals surface area contributed by atoms with Crippen LogP contribution >= 0.6 is 11.6 Å². The number of hydrogen-bond donors (Lipinski definition) is 1. The number of hydrogen-bond acceptors (Lipinski definition) is 3. The van der Waals surface area contributed by atoms with Gasteiger partial charge in [-0.3, -0.25) is 4.79 Å². The van der Waals surface area contributed by atoms with Crippen molar-refractivity contribution in [3.8, 4) is 0 Å². The first-order valence-electron chi connectivity index (χ1n) is 10.7. The molecule has 0 aromatic heterocycles. The Balaban J connectivity index is 1.64. The fourth-order valence-electron chi connectivity index (χ4n) is 3.88. The van der Waals surface area contributed by atoms with E-state index < -0.39 is 10.0 Å². The highest BCUT2D eigenvalue weighted by molar-refractivity contribution is 7.92. The Labute approximate surface area is 190 Å². The molecule has 1 N–H and O–H groups in total. The predicted molar refractivity (Wildman–Crippen MR) is 128 cm³/mol. The van der Waals surface area contributed by atoms with Crippen molar-refractivity contribution in [1.82, 2.24) is 4.31 Å². The molecule has 0 unspecified atom stereocenters. The van der Waals surface area contributed by atoms with Crippen molar-refractivity contribution in [3.05, 3.63) is 69.6 Å². The van der Waals surface area contributed by atoms with Crippen molar-refractivity contribution in [2.45, 2.75) is 39.5 Å². The minimum atomic E-state index is -3.51. The molecule has 2 aromatic carbocycles. The van der Waals surface area contributed by atoms with E-state index in [1.807, 2.05) is 56.3 Å². The van der Waals surface area contributed by atoms with E-state index in [0.717, 1.165) is 35.2 Å². The molecule has 1 amide bonds. The van der Waals surface area contributed by atoms with Crippen molar-refractivity contribution < 1.29 is 13.2 Å². The highest BCUT2D eigenvalue weighted by atomic mass is 35.5. The van der Waals surface area contributed by atoms with Crippen molar-refractivity contribution in [2.24, 2.45) is 5.92 Å². The Morgan fingerprint density at radius 1 is 1.10 bits per heavy atom. The van der Waals surface area contributed by atoms with Gasteiger partial charge >= 0.3 is 0 Å².